The maximum atomic E-state index is 12.3. The Hall–Kier alpha value is -4.18. The number of aryl methyl sites for hydroxylation is 3. The van der Waals surface area contributed by atoms with Crippen molar-refractivity contribution in [2.24, 2.45) is 5.10 Å². The van der Waals surface area contributed by atoms with Gasteiger partial charge in [0, 0.05) is 11.4 Å². The number of rotatable bonds is 8. The van der Waals surface area contributed by atoms with Crippen LogP contribution in [0, 0.1) is 20.8 Å². The molecule has 9 nitrogen and oxygen atoms in total. The summed E-state index contributed by atoms with van der Waals surface area (Å²) in [5, 5.41) is 9.26. The molecule has 3 N–H and O–H groups in total. The maximum absolute atomic E-state index is 12.3. The van der Waals surface area contributed by atoms with Gasteiger partial charge in [-0.05, 0) is 77.2 Å². The van der Waals surface area contributed by atoms with E-state index in [1.807, 2.05) is 63.2 Å². The summed E-state index contributed by atoms with van der Waals surface area (Å²) in [5.41, 5.74) is 6.68. The molecule has 0 bridgehead atoms. The average Bonchev–Trinajstić information content (AvgIpc) is 2.86. The average molecular weight is 567 g/mol. The van der Waals surface area contributed by atoms with Gasteiger partial charge in [0.2, 0.25) is 0 Å². The van der Waals surface area contributed by atoms with Crippen LogP contribution in [-0.4, -0.2) is 37.7 Å². The Bertz CT molecular complexity index is 1340. The van der Waals surface area contributed by atoms with Gasteiger partial charge in [-0.3, -0.25) is 14.4 Å². The van der Waals surface area contributed by atoms with Crippen LogP contribution in [0.1, 0.15) is 22.3 Å². The van der Waals surface area contributed by atoms with Crippen molar-refractivity contribution in [1.29, 1.82) is 0 Å². The van der Waals surface area contributed by atoms with Crippen molar-refractivity contribution >= 4 is 51.2 Å². The van der Waals surface area contributed by atoms with Crippen LogP contribution in [0.3, 0.4) is 0 Å². The summed E-state index contributed by atoms with van der Waals surface area (Å²) in [5.74, 6) is -1.39. The van der Waals surface area contributed by atoms with E-state index in [0.717, 1.165) is 16.7 Å². The van der Waals surface area contributed by atoms with E-state index in [1.165, 1.54) is 13.3 Å². The number of nitrogens with one attached hydrogen (secondary N) is 3. The molecule has 0 aliphatic rings. The predicted octanol–water partition coefficient (Wildman–Crippen LogP) is 4.49. The Morgan fingerprint density at radius 3 is 2.27 bits per heavy atom. The highest BCUT2D eigenvalue weighted by Crippen LogP contribution is 2.36. The molecule has 3 aromatic carbocycles. The Labute approximate surface area is 223 Å². The van der Waals surface area contributed by atoms with Crippen molar-refractivity contribution in [1.82, 2.24) is 5.43 Å². The van der Waals surface area contributed by atoms with E-state index in [4.69, 9.17) is 9.47 Å². The number of benzene rings is 3. The first-order valence-electron chi connectivity index (χ1n) is 11.3. The van der Waals surface area contributed by atoms with Gasteiger partial charge >= 0.3 is 11.8 Å². The van der Waals surface area contributed by atoms with Gasteiger partial charge in [-0.2, -0.15) is 5.10 Å². The molecular weight excluding hydrogens is 540 g/mol. The van der Waals surface area contributed by atoms with Crippen molar-refractivity contribution in [3.05, 3.63) is 81.3 Å². The summed E-state index contributed by atoms with van der Waals surface area (Å²) < 4.78 is 11.6. The number of carbonyl (C=O) groups is 3. The lowest BCUT2D eigenvalue weighted by molar-refractivity contribution is -0.136. The summed E-state index contributed by atoms with van der Waals surface area (Å²) in [4.78, 5) is 36.8. The first-order valence-corrected chi connectivity index (χ1v) is 12.0. The molecule has 0 saturated carbocycles. The SMILES string of the molecule is COc1cc(/C=N\NC(=O)C(=O)Nc2c(C)cccc2C)cc(Br)c1OCC(=O)Nc1ccccc1C. The van der Waals surface area contributed by atoms with E-state index >= 15 is 0 Å². The summed E-state index contributed by atoms with van der Waals surface area (Å²) in [6.45, 7) is 5.35. The molecule has 0 fully saturated rings. The second-order valence-corrected chi connectivity index (χ2v) is 8.96. The molecule has 192 valence electrons. The van der Waals surface area contributed by atoms with E-state index in [2.05, 4.69) is 37.1 Å². The van der Waals surface area contributed by atoms with Crippen molar-refractivity contribution < 1.29 is 23.9 Å². The van der Waals surface area contributed by atoms with Crippen LogP contribution in [0.15, 0.2) is 64.2 Å². The number of halogens is 1. The van der Waals surface area contributed by atoms with Crippen molar-refractivity contribution in [2.45, 2.75) is 20.8 Å². The fourth-order valence-corrected chi connectivity index (χ4v) is 3.96. The third-order valence-electron chi connectivity index (χ3n) is 5.32. The summed E-state index contributed by atoms with van der Waals surface area (Å²) in [7, 11) is 1.46. The number of anilines is 2. The Kier molecular flexibility index (Phi) is 9.39. The van der Waals surface area contributed by atoms with Gasteiger partial charge < -0.3 is 20.1 Å². The number of methoxy groups -OCH3 is 1. The molecule has 0 aromatic heterocycles. The zero-order valence-corrected chi connectivity index (χ0v) is 22.4. The van der Waals surface area contributed by atoms with E-state index in [0.29, 0.717) is 32.9 Å². The minimum absolute atomic E-state index is 0.234. The van der Waals surface area contributed by atoms with Crippen molar-refractivity contribution in [2.75, 3.05) is 24.4 Å². The third kappa shape index (κ3) is 7.40. The van der Waals surface area contributed by atoms with Gasteiger partial charge in [-0.25, -0.2) is 5.43 Å². The zero-order valence-electron chi connectivity index (χ0n) is 20.8. The molecule has 0 aliphatic heterocycles. The monoisotopic (exact) mass is 566 g/mol. The number of amides is 3. The third-order valence-corrected chi connectivity index (χ3v) is 5.91. The van der Waals surface area contributed by atoms with Crippen LogP contribution in [0.5, 0.6) is 11.5 Å². The van der Waals surface area contributed by atoms with Crippen LogP contribution in [0.2, 0.25) is 0 Å². The first-order chi connectivity index (χ1) is 17.7. The number of carbonyl (C=O) groups excluding carboxylic acids is 3. The number of para-hydroxylation sites is 2. The quantitative estimate of drug-likeness (QED) is 0.211. The number of hydrogen-bond acceptors (Lipinski definition) is 6. The molecule has 0 spiro atoms. The molecule has 3 amide bonds. The second-order valence-electron chi connectivity index (χ2n) is 8.11. The van der Waals surface area contributed by atoms with E-state index in [1.54, 1.807) is 12.1 Å². The normalized spacial score (nSPS) is 10.6. The second kappa shape index (κ2) is 12.7. The van der Waals surface area contributed by atoms with Gasteiger partial charge in [0.25, 0.3) is 5.91 Å². The number of nitrogens with zero attached hydrogens (tertiary/aromatic N) is 1. The van der Waals surface area contributed by atoms with E-state index < -0.39 is 11.8 Å². The molecule has 0 atom stereocenters. The Morgan fingerprint density at radius 2 is 1.59 bits per heavy atom. The Morgan fingerprint density at radius 1 is 0.919 bits per heavy atom. The summed E-state index contributed by atoms with van der Waals surface area (Å²) in [6, 6.07) is 16.3. The lowest BCUT2D eigenvalue weighted by Crippen LogP contribution is -2.32. The highest BCUT2D eigenvalue weighted by atomic mass is 79.9. The molecule has 37 heavy (non-hydrogen) atoms. The Balaban J connectivity index is 1.60. The fourth-order valence-electron chi connectivity index (χ4n) is 3.39. The predicted molar refractivity (Wildman–Crippen MR) is 146 cm³/mol. The zero-order chi connectivity index (χ0) is 26.9. The van der Waals surface area contributed by atoms with Gasteiger partial charge in [0.1, 0.15) is 0 Å². The smallest absolute Gasteiger partial charge is 0.329 e. The lowest BCUT2D eigenvalue weighted by atomic mass is 10.1. The number of ether oxygens (including phenoxy) is 2. The van der Waals surface area contributed by atoms with Crippen LogP contribution in [-0.2, 0) is 14.4 Å². The van der Waals surface area contributed by atoms with Crippen molar-refractivity contribution in [3.63, 3.8) is 0 Å². The molecule has 0 radical (unpaired) electrons. The highest BCUT2D eigenvalue weighted by Gasteiger charge is 2.16. The summed E-state index contributed by atoms with van der Waals surface area (Å²) >= 11 is 3.41. The van der Waals surface area contributed by atoms with Crippen LogP contribution in [0.4, 0.5) is 11.4 Å². The van der Waals surface area contributed by atoms with Gasteiger partial charge in [0.05, 0.1) is 17.8 Å². The largest absolute Gasteiger partial charge is 0.493 e. The topological polar surface area (TPSA) is 118 Å². The van der Waals surface area contributed by atoms with Crippen molar-refractivity contribution in [3.8, 4) is 11.5 Å². The fraction of sp³-hybridized carbons (Fsp3) is 0.185. The summed E-state index contributed by atoms with van der Waals surface area (Å²) in [6.07, 6.45) is 1.35. The maximum Gasteiger partial charge on any atom is 0.329 e. The molecular formula is C27H27BrN4O5. The first kappa shape index (κ1) is 27.4. The standard InChI is InChI=1S/C27H27BrN4O5/c1-16-8-5-6-11-21(16)30-23(33)15-37-25-20(28)12-19(13-22(25)36-4)14-29-32-27(35)26(34)31-24-17(2)9-7-10-18(24)3/h5-14H,15H2,1-4H3,(H,30,33)(H,31,34)(H,32,35)/b29-14-. The molecule has 0 aliphatic carbocycles. The highest BCUT2D eigenvalue weighted by molar-refractivity contribution is 9.10. The molecule has 0 saturated heterocycles. The van der Waals surface area contributed by atoms with E-state index in [-0.39, 0.29) is 12.5 Å². The van der Waals surface area contributed by atoms with Crippen LogP contribution in [0.25, 0.3) is 0 Å². The van der Waals surface area contributed by atoms with Gasteiger partial charge in [-0.15, -0.1) is 0 Å². The number of hydrazone groups is 1. The van der Waals surface area contributed by atoms with Crippen LogP contribution < -0.4 is 25.5 Å². The van der Waals surface area contributed by atoms with Gasteiger partial charge in [-0.1, -0.05) is 36.4 Å². The van der Waals surface area contributed by atoms with Gasteiger partial charge in [0.15, 0.2) is 18.1 Å². The molecule has 0 heterocycles. The van der Waals surface area contributed by atoms with Crippen LogP contribution >= 0.6 is 15.9 Å². The van der Waals surface area contributed by atoms with E-state index in [9.17, 15) is 14.4 Å². The molecule has 10 heteroatoms. The molecule has 3 aromatic rings. The minimum Gasteiger partial charge on any atom is -0.493 e. The lowest BCUT2D eigenvalue weighted by Gasteiger charge is -2.14. The molecule has 0 unspecified atom stereocenters. The number of hydrogen-bond donors (Lipinski definition) is 3. The molecule has 3 rings (SSSR count). The minimum atomic E-state index is -0.912.